The molecule has 0 aliphatic heterocycles. The molecule has 3 N–H and O–H groups in total. The topological polar surface area (TPSA) is 107 Å². The fourth-order valence-corrected chi connectivity index (χ4v) is 4.55. The minimum Gasteiger partial charge on any atom is -0.399 e. The first-order valence-corrected chi connectivity index (χ1v) is 11.4. The molecule has 0 fully saturated rings. The number of nitrogens with zero attached hydrogens (tertiary/aromatic N) is 6. The summed E-state index contributed by atoms with van der Waals surface area (Å²) in [5.41, 5.74) is 12.3. The van der Waals surface area contributed by atoms with Gasteiger partial charge in [0.2, 0.25) is 0 Å². The van der Waals surface area contributed by atoms with E-state index >= 15 is 0 Å². The first kappa shape index (κ1) is 21.3. The van der Waals surface area contributed by atoms with Gasteiger partial charge in [-0.3, -0.25) is 0 Å². The SMILES string of the molecule is Nc1ccc(Cn2cncc2C(O)c2ccc3c(c2)c(-c2cccc(Cl)c2)cc2nnnn23)cc1. The maximum Gasteiger partial charge on any atom is 0.180 e. The van der Waals surface area contributed by atoms with Gasteiger partial charge in [-0.15, -0.1) is 5.10 Å². The van der Waals surface area contributed by atoms with Crippen molar-refractivity contribution in [2.45, 2.75) is 12.6 Å². The number of nitrogen functional groups attached to an aromatic ring is 1. The van der Waals surface area contributed by atoms with E-state index in [2.05, 4.69) is 20.5 Å². The number of hydrogen-bond donors (Lipinski definition) is 2. The molecule has 3 heterocycles. The zero-order chi connectivity index (χ0) is 23.9. The quantitative estimate of drug-likeness (QED) is 0.351. The molecule has 0 aliphatic carbocycles. The van der Waals surface area contributed by atoms with E-state index in [0.29, 0.717) is 28.6 Å². The van der Waals surface area contributed by atoms with Crippen molar-refractivity contribution < 1.29 is 5.11 Å². The first-order chi connectivity index (χ1) is 17.1. The molecule has 0 saturated carbocycles. The van der Waals surface area contributed by atoms with Gasteiger partial charge in [-0.2, -0.15) is 4.52 Å². The van der Waals surface area contributed by atoms with E-state index < -0.39 is 6.10 Å². The Labute approximate surface area is 205 Å². The molecule has 172 valence electrons. The molecule has 6 rings (SSSR count). The second kappa shape index (κ2) is 8.50. The number of halogens is 1. The van der Waals surface area contributed by atoms with Gasteiger partial charge in [-0.05, 0) is 75.1 Å². The Morgan fingerprint density at radius 1 is 1.00 bits per heavy atom. The van der Waals surface area contributed by atoms with Gasteiger partial charge < -0.3 is 15.4 Å². The lowest BCUT2D eigenvalue weighted by Crippen LogP contribution is -2.09. The van der Waals surface area contributed by atoms with Crippen LogP contribution in [0.1, 0.15) is 22.9 Å². The van der Waals surface area contributed by atoms with Crippen LogP contribution in [0.25, 0.3) is 27.7 Å². The fourth-order valence-electron chi connectivity index (χ4n) is 4.36. The zero-order valence-corrected chi connectivity index (χ0v) is 19.2. The Kier molecular flexibility index (Phi) is 5.17. The molecule has 0 radical (unpaired) electrons. The molecule has 1 unspecified atom stereocenters. The van der Waals surface area contributed by atoms with Crippen molar-refractivity contribution in [1.29, 1.82) is 0 Å². The lowest BCUT2D eigenvalue weighted by Gasteiger charge is -2.16. The molecule has 6 aromatic rings. The number of tetrazole rings is 1. The predicted octanol–water partition coefficient (Wildman–Crippen LogP) is 4.51. The molecule has 3 aromatic heterocycles. The molecule has 35 heavy (non-hydrogen) atoms. The van der Waals surface area contributed by atoms with Crippen LogP contribution in [0.4, 0.5) is 5.69 Å². The molecule has 3 aromatic carbocycles. The first-order valence-electron chi connectivity index (χ1n) is 11.0. The number of anilines is 1. The van der Waals surface area contributed by atoms with Crippen LogP contribution in [-0.4, -0.2) is 34.7 Å². The molecule has 0 bridgehead atoms. The summed E-state index contributed by atoms with van der Waals surface area (Å²) in [6.07, 6.45) is 2.53. The second-order valence-corrected chi connectivity index (χ2v) is 8.82. The van der Waals surface area contributed by atoms with Gasteiger partial charge in [0.25, 0.3) is 0 Å². The van der Waals surface area contributed by atoms with Crippen LogP contribution >= 0.6 is 11.6 Å². The minimum absolute atomic E-state index is 0.569. The Morgan fingerprint density at radius 3 is 2.69 bits per heavy atom. The van der Waals surface area contributed by atoms with E-state index in [-0.39, 0.29) is 0 Å². The highest BCUT2D eigenvalue weighted by Crippen LogP contribution is 2.34. The number of rotatable bonds is 5. The molecule has 0 amide bonds. The molecule has 0 aliphatic rings. The second-order valence-electron chi connectivity index (χ2n) is 8.38. The number of nitrogens with two attached hydrogens (primary N) is 1. The highest BCUT2D eigenvalue weighted by molar-refractivity contribution is 6.30. The van der Waals surface area contributed by atoms with Gasteiger partial charge in [-0.25, -0.2) is 4.98 Å². The summed E-state index contributed by atoms with van der Waals surface area (Å²) in [5, 5.41) is 25.0. The van der Waals surface area contributed by atoms with E-state index in [1.165, 1.54) is 0 Å². The van der Waals surface area contributed by atoms with E-state index in [1.54, 1.807) is 17.0 Å². The summed E-state index contributed by atoms with van der Waals surface area (Å²) in [4.78, 5) is 4.29. The molecule has 8 nitrogen and oxygen atoms in total. The highest BCUT2D eigenvalue weighted by atomic mass is 35.5. The monoisotopic (exact) mass is 481 g/mol. The van der Waals surface area contributed by atoms with Crippen LogP contribution in [0, 0.1) is 0 Å². The summed E-state index contributed by atoms with van der Waals surface area (Å²) in [6.45, 7) is 0.569. The van der Waals surface area contributed by atoms with Crippen LogP contribution in [0.5, 0.6) is 0 Å². The van der Waals surface area contributed by atoms with Gasteiger partial charge in [0.1, 0.15) is 6.10 Å². The zero-order valence-electron chi connectivity index (χ0n) is 18.5. The highest BCUT2D eigenvalue weighted by Gasteiger charge is 2.19. The molecule has 9 heteroatoms. The van der Waals surface area contributed by atoms with Crippen LogP contribution in [0.2, 0.25) is 5.02 Å². The van der Waals surface area contributed by atoms with Gasteiger partial charge in [-0.1, -0.05) is 41.9 Å². The number of fused-ring (bicyclic) bond motifs is 3. The maximum atomic E-state index is 11.4. The summed E-state index contributed by atoms with van der Waals surface area (Å²) >= 11 is 6.28. The maximum absolute atomic E-state index is 11.4. The van der Waals surface area contributed by atoms with Gasteiger partial charge >= 0.3 is 0 Å². The Balaban J connectivity index is 1.45. The third-order valence-electron chi connectivity index (χ3n) is 6.11. The Morgan fingerprint density at radius 2 is 1.86 bits per heavy atom. The lowest BCUT2D eigenvalue weighted by molar-refractivity contribution is 0.210. The molecule has 1 atom stereocenters. The van der Waals surface area contributed by atoms with Crippen molar-refractivity contribution in [2.24, 2.45) is 0 Å². The molecular weight excluding hydrogens is 462 g/mol. The van der Waals surface area contributed by atoms with E-state index in [0.717, 1.165) is 33.2 Å². The van der Waals surface area contributed by atoms with Crippen molar-refractivity contribution in [3.63, 3.8) is 0 Å². The van der Waals surface area contributed by atoms with Crippen molar-refractivity contribution in [3.05, 3.63) is 107 Å². The van der Waals surface area contributed by atoms with Gasteiger partial charge in [0, 0.05) is 22.6 Å². The number of aliphatic hydroxyl groups excluding tert-OH is 1. The van der Waals surface area contributed by atoms with Gasteiger partial charge in [0.05, 0.1) is 23.7 Å². The third-order valence-corrected chi connectivity index (χ3v) is 6.35. The van der Waals surface area contributed by atoms with Crippen LogP contribution < -0.4 is 5.73 Å². The number of benzene rings is 3. The summed E-state index contributed by atoms with van der Waals surface area (Å²) in [6, 6.07) is 23.0. The Bertz CT molecular complexity index is 1670. The Hall–Kier alpha value is -4.27. The predicted molar refractivity (Wildman–Crippen MR) is 135 cm³/mol. The number of aliphatic hydroxyl groups is 1. The van der Waals surface area contributed by atoms with Gasteiger partial charge in [0.15, 0.2) is 5.65 Å². The standard InChI is InChI=1S/C26H20ClN7O/c27-19-3-1-2-17(10-19)21-12-25-30-31-32-34(25)23-9-6-18(11-22(21)23)26(35)24-13-29-15-33(24)14-16-4-7-20(28)8-5-16/h1-13,15,26,35H,14,28H2. The number of aromatic nitrogens is 6. The number of pyridine rings is 1. The number of hydrogen-bond acceptors (Lipinski definition) is 6. The van der Waals surface area contributed by atoms with Crippen LogP contribution in [0.15, 0.2) is 85.3 Å². The average molecular weight is 482 g/mol. The summed E-state index contributed by atoms with van der Waals surface area (Å²) in [5.74, 6) is 0. The molecule has 0 saturated heterocycles. The molecular formula is C26H20ClN7O. The average Bonchev–Trinajstić information content (AvgIpc) is 3.54. The van der Waals surface area contributed by atoms with E-state index in [1.807, 2.05) is 77.4 Å². The third kappa shape index (κ3) is 3.88. The van der Waals surface area contributed by atoms with Crippen molar-refractivity contribution in [1.82, 2.24) is 29.6 Å². The van der Waals surface area contributed by atoms with Crippen LogP contribution in [-0.2, 0) is 6.54 Å². The fraction of sp³-hybridized carbons (Fsp3) is 0.0769. The smallest absolute Gasteiger partial charge is 0.180 e. The number of imidazole rings is 1. The normalized spacial score (nSPS) is 12.4. The van der Waals surface area contributed by atoms with E-state index in [4.69, 9.17) is 17.3 Å². The minimum atomic E-state index is -0.882. The van der Waals surface area contributed by atoms with Crippen molar-refractivity contribution in [2.75, 3.05) is 5.73 Å². The van der Waals surface area contributed by atoms with Crippen molar-refractivity contribution >= 4 is 33.8 Å². The van der Waals surface area contributed by atoms with Crippen molar-refractivity contribution in [3.8, 4) is 11.1 Å². The largest absolute Gasteiger partial charge is 0.399 e. The lowest BCUT2D eigenvalue weighted by atomic mass is 9.97. The summed E-state index contributed by atoms with van der Waals surface area (Å²) in [7, 11) is 0. The van der Waals surface area contributed by atoms with E-state index in [9.17, 15) is 5.11 Å². The molecule has 0 spiro atoms. The van der Waals surface area contributed by atoms with Crippen LogP contribution in [0.3, 0.4) is 0 Å². The summed E-state index contributed by atoms with van der Waals surface area (Å²) < 4.78 is 3.62.